The molecule has 1 fully saturated rings. The van der Waals surface area contributed by atoms with Crippen LogP contribution < -0.4 is 0 Å². The molecule has 0 aromatic carbocycles. The first-order valence-electron chi connectivity index (χ1n) is 6.15. The summed E-state index contributed by atoms with van der Waals surface area (Å²) in [7, 11) is 0. The molecule has 1 atom stereocenters. The lowest BCUT2D eigenvalue weighted by molar-refractivity contribution is 0.0527. The van der Waals surface area contributed by atoms with Crippen molar-refractivity contribution in [2.75, 3.05) is 6.54 Å². The topological polar surface area (TPSA) is 39.9 Å². The molecule has 17 heavy (non-hydrogen) atoms. The summed E-state index contributed by atoms with van der Waals surface area (Å²) in [6, 6.07) is 6.49. The predicted molar refractivity (Wildman–Crippen MR) is 67.1 cm³/mol. The van der Waals surface area contributed by atoms with Gasteiger partial charge in [-0.3, -0.25) is 9.88 Å². The predicted octanol–water partition coefficient (Wildman–Crippen LogP) is 2.60. The standard InChI is InChI=1S/C14H19N3/c1-14(2)8-12(9-15)5-7-17(14)11-13-4-3-6-16-10-13/h3-4,6,10,12H,5,7-8,11H2,1-2H3. The van der Waals surface area contributed by atoms with Crippen LogP contribution in [0.3, 0.4) is 0 Å². The first-order chi connectivity index (χ1) is 8.12. The van der Waals surface area contributed by atoms with Crippen molar-refractivity contribution in [2.45, 2.75) is 38.8 Å². The van der Waals surface area contributed by atoms with Gasteiger partial charge in [0.05, 0.1) is 6.07 Å². The van der Waals surface area contributed by atoms with Crippen molar-refractivity contribution in [3.63, 3.8) is 0 Å². The van der Waals surface area contributed by atoms with Crippen molar-refractivity contribution in [2.24, 2.45) is 5.92 Å². The SMILES string of the molecule is CC1(C)CC(C#N)CCN1Cc1cccnc1. The lowest BCUT2D eigenvalue weighted by atomic mass is 9.83. The molecular weight excluding hydrogens is 210 g/mol. The molecule has 0 amide bonds. The second-order valence-electron chi connectivity index (χ2n) is 5.41. The van der Waals surface area contributed by atoms with Crippen molar-refractivity contribution >= 4 is 0 Å². The first kappa shape index (κ1) is 12.1. The average molecular weight is 229 g/mol. The van der Waals surface area contributed by atoms with Gasteiger partial charge < -0.3 is 0 Å². The Bertz CT molecular complexity index is 405. The Labute approximate surface area is 103 Å². The fourth-order valence-electron chi connectivity index (χ4n) is 2.56. The van der Waals surface area contributed by atoms with Gasteiger partial charge in [0.1, 0.15) is 0 Å². The molecule has 1 saturated heterocycles. The summed E-state index contributed by atoms with van der Waals surface area (Å²) in [4.78, 5) is 6.61. The number of rotatable bonds is 2. The van der Waals surface area contributed by atoms with Gasteiger partial charge in [0.25, 0.3) is 0 Å². The van der Waals surface area contributed by atoms with Crippen LogP contribution in [-0.4, -0.2) is 22.0 Å². The van der Waals surface area contributed by atoms with Gasteiger partial charge in [0.15, 0.2) is 0 Å². The molecule has 0 bridgehead atoms. The third-order valence-electron chi connectivity index (χ3n) is 3.63. The number of hydrogen-bond acceptors (Lipinski definition) is 3. The van der Waals surface area contributed by atoms with Gasteiger partial charge in [-0.05, 0) is 38.3 Å². The lowest BCUT2D eigenvalue weighted by Crippen LogP contribution is -2.49. The Kier molecular flexibility index (Phi) is 3.44. The van der Waals surface area contributed by atoms with E-state index in [1.165, 1.54) is 5.56 Å². The van der Waals surface area contributed by atoms with E-state index in [0.717, 1.165) is 25.9 Å². The summed E-state index contributed by atoms with van der Waals surface area (Å²) < 4.78 is 0. The zero-order valence-corrected chi connectivity index (χ0v) is 10.6. The summed E-state index contributed by atoms with van der Waals surface area (Å²) >= 11 is 0. The second-order valence-corrected chi connectivity index (χ2v) is 5.41. The zero-order chi connectivity index (χ0) is 12.3. The molecule has 1 aromatic rings. The molecular formula is C14H19N3. The summed E-state index contributed by atoms with van der Waals surface area (Å²) in [5, 5.41) is 9.02. The fraction of sp³-hybridized carbons (Fsp3) is 0.571. The number of piperidine rings is 1. The molecule has 1 unspecified atom stereocenters. The second kappa shape index (κ2) is 4.85. The van der Waals surface area contributed by atoms with Crippen LogP contribution in [0, 0.1) is 17.2 Å². The Morgan fingerprint density at radius 3 is 3.00 bits per heavy atom. The van der Waals surface area contributed by atoms with Crippen molar-refractivity contribution < 1.29 is 0 Å². The van der Waals surface area contributed by atoms with Crippen LogP contribution in [0.25, 0.3) is 0 Å². The molecule has 0 N–H and O–H groups in total. The number of hydrogen-bond donors (Lipinski definition) is 0. The molecule has 1 aliphatic rings. The van der Waals surface area contributed by atoms with Gasteiger partial charge in [-0.1, -0.05) is 6.07 Å². The van der Waals surface area contributed by atoms with E-state index in [2.05, 4.69) is 35.9 Å². The minimum atomic E-state index is 0.106. The Morgan fingerprint density at radius 2 is 2.41 bits per heavy atom. The third kappa shape index (κ3) is 2.83. The minimum Gasteiger partial charge on any atom is -0.294 e. The summed E-state index contributed by atoms with van der Waals surface area (Å²) in [5.41, 5.74) is 1.35. The maximum Gasteiger partial charge on any atom is 0.0657 e. The smallest absolute Gasteiger partial charge is 0.0657 e. The number of likely N-dealkylation sites (tertiary alicyclic amines) is 1. The van der Waals surface area contributed by atoms with E-state index in [9.17, 15) is 0 Å². The van der Waals surface area contributed by atoms with E-state index >= 15 is 0 Å². The highest BCUT2D eigenvalue weighted by Gasteiger charge is 2.34. The molecule has 0 aliphatic carbocycles. The Morgan fingerprint density at radius 1 is 1.59 bits per heavy atom. The molecule has 1 aromatic heterocycles. The van der Waals surface area contributed by atoms with Gasteiger partial charge in [-0.2, -0.15) is 5.26 Å². The van der Waals surface area contributed by atoms with Gasteiger partial charge >= 0.3 is 0 Å². The van der Waals surface area contributed by atoms with Gasteiger partial charge in [0.2, 0.25) is 0 Å². The van der Waals surface area contributed by atoms with Gasteiger partial charge in [0, 0.05) is 36.9 Å². The number of nitriles is 1. The van der Waals surface area contributed by atoms with E-state index in [1.807, 2.05) is 12.3 Å². The van der Waals surface area contributed by atoms with Gasteiger partial charge in [-0.15, -0.1) is 0 Å². The van der Waals surface area contributed by atoms with Crippen molar-refractivity contribution in [3.8, 4) is 6.07 Å². The van der Waals surface area contributed by atoms with E-state index in [4.69, 9.17) is 5.26 Å². The normalized spacial score (nSPS) is 24.2. The van der Waals surface area contributed by atoms with Crippen LogP contribution in [0.15, 0.2) is 24.5 Å². The monoisotopic (exact) mass is 229 g/mol. The van der Waals surface area contributed by atoms with Crippen molar-refractivity contribution in [1.82, 2.24) is 9.88 Å². The Balaban J connectivity index is 2.05. The van der Waals surface area contributed by atoms with Crippen molar-refractivity contribution in [1.29, 1.82) is 5.26 Å². The number of pyridine rings is 1. The molecule has 0 radical (unpaired) electrons. The molecule has 90 valence electrons. The molecule has 2 rings (SSSR count). The van der Waals surface area contributed by atoms with E-state index in [1.54, 1.807) is 6.20 Å². The summed E-state index contributed by atoms with van der Waals surface area (Å²) in [6.07, 6.45) is 5.67. The van der Waals surface area contributed by atoms with E-state index in [0.29, 0.717) is 0 Å². The number of aromatic nitrogens is 1. The quantitative estimate of drug-likeness (QED) is 0.782. The largest absolute Gasteiger partial charge is 0.294 e. The van der Waals surface area contributed by atoms with Crippen LogP contribution in [0.4, 0.5) is 0 Å². The highest BCUT2D eigenvalue weighted by Crippen LogP contribution is 2.32. The van der Waals surface area contributed by atoms with Crippen LogP contribution in [0.1, 0.15) is 32.3 Å². The molecule has 0 saturated carbocycles. The highest BCUT2D eigenvalue weighted by atomic mass is 15.2. The maximum absolute atomic E-state index is 9.02. The van der Waals surface area contributed by atoms with E-state index in [-0.39, 0.29) is 11.5 Å². The molecule has 3 heteroatoms. The molecule has 0 spiro atoms. The summed E-state index contributed by atoms with van der Waals surface area (Å²) in [5.74, 6) is 0.218. The van der Waals surface area contributed by atoms with Gasteiger partial charge in [-0.25, -0.2) is 0 Å². The molecule has 1 aliphatic heterocycles. The third-order valence-corrected chi connectivity index (χ3v) is 3.63. The first-order valence-corrected chi connectivity index (χ1v) is 6.15. The van der Waals surface area contributed by atoms with Crippen molar-refractivity contribution in [3.05, 3.63) is 30.1 Å². The zero-order valence-electron chi connectivity index (χ0n) is 10.6. The van der Waals surface area contributed by atoms with Crippen LogP contribution in [0.5, 0.6) is 0 Å². The molecule has 2 heterocycles. The minimum absolute atomic E-state index is 0.106. The average Bonchev–Trinajstić information content (AvgIpc) is 2.33. The fourth-order valence-corrected chi connectivity index (χ4v) is 2.56. The number of nitrogens with zero attached hydrogens (tertiary/aromatic N) is 3. The highest BCUT2D eigenvalue weighted by molar-refractivity contribution is 5.10. The lowest BCUT2D eigenvalue weighted by Gasteiger charge is -2.44. The maximum atomic E-state index is 9.02. The van der Waals surface area contributed by atoms with Crippen LogP contribution in [0.2, 0.25) is 0 Å². The molecule has 3 nitrogen and oxygen atoms in total. The van der Waals surface area contributed by atoms with Crippen LogP contribution in [-0.2, 0) is 6.54 Å². The van der Waals surface area contributed by atoms with Crippen LogP contribution >= 0.6 is 0 Å². The Hall–Kier alpha value is -1.40. The summed E-state index contributed by atoms with van der Waals surface area (Å²) in [6.45, 7) is 6.39. The van der Waals surface area contributed by atoms with E-state index < -0.39 is 0 Å².